The van der Waals surface area contributed by atoms with Crippen LogP contribution in [0.5, 0.6) is 0 Å². The van der Waals surface area contributed by atoms with Crippen LogP contribution in [0.3, 0.4) is 0 Å². The molecule has 0 amide bonds. The van der Waals surface area contributed by atoms with E-state index in [1.54, 1.807) is 12.1 Å². The van der Waals surface area contributed by atoms with Gasteiger partial charge < -0.3 is 0 Å². The van der Waals surface area contributed by atoms with Gasteiger partial charge in [0.05, 0.1) is 5.02 Å². The number of benzene rings is 2. The minimum atomic E-state index is -0.404. The maximum Gasteiger partial charge on any atom is 0.141 e. The van der Waals surface area contributed by atoms with Crippen LogP contribution in [0, 0.1) is 19.7 Å². The van der Waals surface area contributed by atoms with E-state index in [0.717, 1.165) is 11.1 Å². The Bertz CT molecular complexity index is 613. The van der Waals surface area contributed by atoms with Crippen LogP contribution in [0.4, 0.5) is 4.39 Å². The van der Waals surface area contributed by atoms with Crippen molar-refractivity contribution in [2.45, 2.75) is 26.3 Å². The van der Waals surface area contributed by atoms with Crippen molar-refractivity contribution in [3.63, 3.8) is 0 Å². The minimum absolute atomic E-state index is 0.0316. The zero-order valence-corrected chi connectivity index (χ0v) is 12.3. The molecule has 1 atom stereocenters. The molecule has 2 aromatic carbocycles. The van der Waals surface area contributed by atoms with Gasteiger partial charge >= 0.3 is 0 Å². The topological polar surface area (TPSA) is 38.0 Å². The van der Waals surface area contributed by atoms with Gasteiger partial charge in [0.1, 0.15) is 5.82 Å². The molecular weight excluding hydrogens is 275 g/mol. The molecule has 2 aromatic rings. The first-order valence-electron chi connectivity index (χ1n) is 6.48. The predicted molar refractivity (Wildman–Crippen MR) is 81.1 cm³/mol. The molecule has 0 aliphatic heterocycles. The van der Waals surface area contributed by atoms with Gasteiger partial charge in [-0.05, 0) is 54.7 Å². The summed E-state index contributed by atoms with van der Waals surface area (Å²) in [4.78, 5) is 0. The summed E-state index contributed by atoms with van der Waals surface area (Å²) in [6.45, 7) is 4.14. The van der Waals surface area contributed by atoms with Crippen LogP contribution < -0.4 is 11.3 Å². The number of halogens is 2. The lowest BCUT2D eigenvalue weighted by atomic mass is 9.96. The quantitative estimate of drug-likeness (QED) is 0.664. The Labute approximate surface area is 123 Å². The number of nitrogens with one attached hydrogen (secondary N) is 1. The molecule has 0 saturated carbocycles. The van der Waals surface area contributed by atoms with Gasteiger partial charge in [0.2, 0.25) is 0 Å². The van der Waals surface area contributed by atoms with Crippen LogP contribution in [0.1, 0.15) is 28.3 Å². The molecule has 0 fully saturated rings. The highest BCUT2D eigenvalue weighted by Gasteiger charge is 2.12. The summed E-state index contributed by atoms with van der Waals surface area (Å²) in [7, 11) is 0. The molecule has 4 heteroatoms. The van der Waals surface area contributed by atoms with E-state index in [1.807, 2.05) is 0 Å². The number of hydrogen-bond acceptors (Lipinski definition) is 2. The van der Waals surface area contributed by atoms with Crippen molar-refractivity contribution in [3.8, 4) is 0 Å². The van der Waals surface area contributed by atoms with Gasteiger partial charge in [-0.2, -0.15) is 0 Å². The molecule has 0 radical (unpaired) electrons. The largest absolute Gasteiger partial charge is 0.271 e. The SMILES string of the molecule is Cc1ccc(C(Cc2ccc(F)c(Cl)c2)NN)cc1C. The van der Waals surface area contributed by atoms with E-state index in [4.69, 9.17) is 17.4 Å². The third kappa shape index (κ3) is 3.37. The summed E-state index contributed by atoms with van der Waals surface area (Å²) >= 11 is 5.81. The van der Waals surface area contributed by atoms with E-state index in [2.05, 4.69) is 37.5 Å². The van der Waals surface area contributed by atoms with Gasteiger partial charge in [-0.3, -0.25) is 11.3 Å². The fraction of sp³-hybridized carbons (Fsp3) is 0.250. The highest BCUT2D eigenvalue weighted by atomic mass is 35.5. The molecular formula is C16H18ClFN2. The number of aryl methyl sites for hydroxylation is 2. The maximum absolute atomic E-state index is 13.2. The highest BCUT2D eigenvalue weighted by Crippen LogP contribution is 2.23. The van der Waals surface area contributed by atoms with Crippen LogP contribution in [0.25, 0.3) is 0 Å². The van der Waals surface area contributed by atoms with Crippen molar-refractivity contribution < 1.29 is 4.39 Å². The lowest BCUT2D eigenvalue weighted by molar-refractivity contribution is 0.550. The Morgan fingerprint density at radius 1 is 1.15 bits per heavy atom. The van der Waals surface area contributed by atoms with Crippen LogP contribution in [0.15, 0.2) is 36.4 Å². The predicted octanol–water partition coefficient (Wildman–Crippen LogP) is 3.84. The van der Waals surface area contributed by atoms with Gasteiger partial charge in [0.25, 0.3) is 0 Å². The lowest BCUT2D eigenvalue weighted by Gasteiger charge is -2.18. The molecule has 0 aliphatic carbocycles. The van der Waals surface area contributed by atoms with E-state index in [9.17, 15) is 4.39 Å². The summed E-state index contributed by atoms with van der Waals surface area (Å²) in [5, 5.41) is 0.137. The van der Waals surface area contributed by atoms with Gasteiger partial charge in [0.15, 0.2) is 0 Å². The second-order valence-corrected chi connectivity index (χ2v) is 5.42. The van der Waals surface area contributed by atoms with Crippen molar-refractivity contribution in [1.82, 2.24) is 5.43 Å². The van der Waals surface area contributed by atoms with Crippen molar-refractivity contribution in [2.24, 2.45) is 5.84 Å². The van der Waals surface area contributed by atoms with Crippen LogP contribution in [-0.4, -0.2) is 0 Å². The van der Waals surface area contributed by atoms with Gasteiger partial charge in [-0.1, -0.05) is 35.9 Å². The van der Waals surface area contributed by atoms with E-state index < -0.39 is 5.82 Å². The summed E-state index contributed by atoms with van der Waals surface area (Å²) in [6.07, 6.45) is 0.652. The summed E-state index contributed by atoms with van der Waals surface area (Å²) in [5.74, 6) is 5.25. The van der Waals surface area contributed by atoms with Gasteiger partial charge in [-0.25, -0.2) is 4.39 Å². The smallest absolute Gasteiger partial charge is 0.141 e. The summed E-state index contributed by atoms with van der Waals surface area (Å²) < 4.78 is 13.2. The lowest BCUT2D eigenvalue weighted by Crippen LogP contribution is -2.29. The second kappa shape index (κ2) is 6.35. The Morgan fingerprint density at radius 3 is 2.50 bits per heavy atom. The van der Waals surface area contributed by atoms with Gasteiger partial charge in [0, 0.05) is 6.04 Å². The van der Waals surface area contributed by atoms with Crippen molar-refractivity contribution in [3.05, 3.63) is 69.5 Å². The van der Waals surface area contributed by atoms with E-state index >= 15 is 0 Å². The Morgan fingerprint density at radius 2 is 1.90 bits per heavy atom. The third-order valence-corrected chi connectivity index (χ3v) is 3.85. The second-order valence-electron chi connectivity index (χ2n) is 5.02. The number of hydrazine groups is 1. The average molecular weight is 293 g/mol. The van der Waals surface area contributed by atoms with Gasteiger partial charge in [-0.15, -0.1) is 0 Å². The summed E-state index contributed by atoms with van der Waals surface area (Å²) in [5.41, 5.74) is 7.33. The Hall–Kier alpha value is -1.42. The molecule has 0 aliphatic rings. The molecule has 2 nitrogen and oxygen atoms in total. The standard InChI is InChI=1S/C16H18ClFN2/c1-10-3-5-13(7-11(10)2)16(20-19)9-12-4-6-15(18)14(17)8-12/h3-8,16,20H,9,19H2,1-2H3. The Kier molecular flexibility index (Phi) is 4.76. The minimum Gasteiger partial charge on any atom is -0.271 e. The molecule has 0 aromatic heterocycles. The van der Waals surface area contributed by atoms with E-state index in [-0.39, 0.29) is 11.1 Å². The molecule has 2 rings (SSSR count). The number of hydrogen-bond donors (Lipinski definition) is 2. The average Bonchev–Trinajstić information content (AvgIpc) is 2.43. The maximum atomic E-state index is 13.2. The molecule has 106 valence electrons. The third-order valence-electron chi connectivity index (χ3n) is 3.56. The number of nitrogens with two attached hydrogens (primary N) is 1. The molecule has 0 heterocycles. The first-order valence-corrected chi connectivity index (χ1v) is 6.86. The normalized spacial score (nSPS) is 12.4. The number of rotatable bonds is 4. The molecule has 0 saturated heterocycles. The van der Waals surface area contributed by atoms with Crippen LogP contribution in [-0.2, 0) is 6.42 Å². The van der Waals surface area contributed by atoms with Crippen molar-refractivity contribution >= 4 is 11.6 Å². The zero-order chi connectivity index (χ0) is 14.7. The summed E-state index contributed by atoms with van der Waals surface area (Å²) in [6, 6.07) is 11.0. The van der Waals surface area contributed by atoms with Crippen molar-refractivity contribution in [2.75, 3.05) is 0 Å². The van der Waals surface area contributed by atoms with E-state index in [0.29, 0.717) is 6.42 Å². The van der Waals surface area contributed by atoms with E-state index in [1.165, 1.54) is 17.2 Å². The molecule has 3 N–H and O–H groups in total. The molecule has 0 spiro atoms. The molecule has 1 unspecified atom stereocenters. The monoisotopic (exact) mass is 292 g/mol. The highest BCUT2D eigenvalue weighted by molar-refractivity contribution is 6.30. The first kappa shape index (κ1) is 15.0. The fourth-order valence-corrected chi connectivity index (χ4v) is 2.36. The first-order chi connectivity index (χ1) is 9.51. The van der Waals surface area contributed by atoms with Crippen LogP contribution in [0.2, 0.25) is 5.02 Å². The molecule has 0 bridgehead atoms. The molecule has 20 heavy (non-hydrogen) atoms. The Balaban J connectivity index is 2.23. The zero-order valence-electron chi connectivity index (χ0n) is 11.6. The van der Waals surface area contributed by atoms with Crippen LogP contribution >= 0.6 is 11.6 Å². The fourth-order valence-electron chi connectivity index (χ4n) is 2.16. The van der Waals surface area contributed by atoms with Crippen molar-refractivity contribution in [1.29, 1.82) is 0 Å².